The molecule has 1 heterocycles. The van der Waals surface area contributed by atoms with Gasteiger partial charge in [-0.1, -0.05) is 11.6 Å². The van der Waals surface area contributed by atoms with Crippen LogP contribution in [0.1, 0.15) is 6.42 Å². The van der Waals surface area contributed by atoms with Gasteiger partial charge in [0.2, 0.25) is 15.9 Å². The van der Waals surface area contributed by atoms with E-state index in [0.29, 0.717) is 22.6 Å². The number of hydrogen-bond donors (Lipinski definition) is 1. The Balaban J connectivity index is 2.12. The molecule has 1 aromatic carbocycles. The summed E-state index contributed by atoms with van der Waals surface area (Å²) in [6.07, 6.45) is 0.215. The first-order valence-electron chi connectivity index (χ1n) is 5.54. The van der Waals surface area contributed by atoms with Gasteiger partial charge in [-0.05, 0) is 40.0 Å². The molecule has 2 N–H and O–H groups in total. The van der Waals surface area contributed by atoms with Crippen LogP contribution in [-0.2, 0) is 14.8 Å². The van der Waals surface area contributed by atoms with Gasteiger partial charge in [-0.15, -0.1) is 0 Å². The Morgan fingerprint density at radius 2 is 2.11 bits per heavy atom. The zero-order valence-corrected chi connectivity index (χ0v) is 13.0. The smallest absolute Gasteiger partial charge is 0.243 e. The minimum absolute atomic E-state index is 0.0122. The van der Waals surface area contributed by atoms with Crippen molar-refractivity contribution >= 4 is 43.5 Å². The summed E-state index contributed by atoms with van der Waals surface area (Å²) in [6.45, 7) is 0.637. The molecule has 1 fully saturated rings. The van der Waals surface area contributed by atoms with Gasteiger partial charge in [0, 0.05) is 24.0 Å². The van der Waals surface area contributed by atoms with Crippen molar-refractivity contribution in [2.75, 3.05) is 13.1 Å². The van der Waals surface area contributed by atoms with E-state index < -0.39 is 15.9 Å². The monoisotopic (exact) mass is 366 g/mol. The summed E-state index contributed by atoms with van der Waals surface area (Å²) in [5, 5.41) is 0.343. The highest BCUT2D eigenvalue weighted by Crippen LogP contribution is 2.30. The van der Waals surface area contributed by atoms with Crippen molar-refractivity contribution in [2.24, 2.45) is 11.7 Å². The molecular weight excluding hydrogens is 356 g/mol. The third-order valence-electron chi connectivity index (χ3n) is 2.94. The van der Waals surface area contributed by atoms with Gasteiger partial charge < -0.3 is 5.73 Å². The Morgan fingerprint density at radius 3 is 2.63 bits per heavy atom. The van der Waals surface area contributed by atoms with Crippen molar-refractivity contribution in [2.45, 2.75) is 11.3 Å². The van der Waals surface area contributed by atoms with E-state index in [2.05, 4.69) is 15.9 Å². The van der Waals surface area contributed by atoms with Crippen LogP contribution in [0.4, 0.5) is 0 Å². The number of hydrogen-bond acceptors (Lipinski definition) is 3. The molecule has 1 aliphatic heterocycles. The van der Waals surface area contributed by atoms with Crippen molar-refractivity contribution < 1.29 is 13.2 Å². The SMILES string of the molecule is NC(=O)CC1CN(S(=O)(=O)c2ccc(Br)c(Cl)c2)C1. The van der Waals surface area contributed by atoms with E-state index in [1.807, 2.05) is 0 Å². The van der Waals surface area contributed by atoms with Crippen LogP contribution in [0.3, 0.4) is 0 Å². The van der Waals surface area contributed by atoms with Crippen LogP contribution in [0.15, 0.2) is 27.6 Å². The van der Waals surface area contributed by atoms with Gasteiger partial charge in [0.1, 0.15) is 0 Å². The highest BCUT2D eigenvalue weighted by atomic mass is 79.9. The zero-order chi connectivity index (χ0) is 14.2. The molecule has 0 spiro atoms. The summed E-state index contributed by atoms with van der Waals surface area (Å²) in [5.74, 6) is -0.396. The van der Waals surface area contributed by atoms with Gasteiger partial charge in [-0.2, -0.15) is 4.31 Å². The van der Waals surface area contributed by atoms with Crippen molar-refractivity contribution in [3.63, 3.8) is 0 Å². The van der Waals surface area contributed by atoms with Crippen LogP contribution in [0.5, 0.6) is 0 Å². The van der Waals surface area contributed by atoms with Gasteiger partial charge >= 0.3 is 0 Å². The van der Waals surface area contributed by atoms with Gasteiger partial charge in [0.05, 0.1) is 9.92 Å². The number of rotatable bonds is 4. The van der Waals surface area contributed by atoms with Crippen LogP contribution < -0.4 is 5.73 Å². The summed E-state index contributed by atoms with van der Waals surface area (Å²) in [7, 11) is -3.53. The fourth-order valence-electron chi connectivity index (χ4n) is 1.92. The van der Waals surface area contributed by atoms with E-state index in [-0.39, 0.29) is 17.2 Å². The third kappa shape index (κ3) is 3.10. The van der Waals surface area contributed by atoms with Crippen LogP contribution in [0.2, 0.25) is 5.02 Å². The minimum Gasteiger partial charge on any atom is -0.370 e. The molecule has 0 aliphatic carbocycles. The molecule has 0 saturated carbocycles. The van der Waals surface area contributed by atoms with Crippen molar-refractivity contribution in [3.8, 4) is 0 Å². The maximum atomic E-state index is 12.2. The molecule has 5 nitrogen and oxygen atoms in total. The average molecular weight is 368 g/mol. The first kappa shape index (κ1) is 14.8. The quantitative estimate of drug-likeness (QED) is 0.877. The van der Waals surface area contributed by atoms with Gasteiger partial charge in [0.15, 0.2) is 0 Å². The molecule has 1 aromatic rings. The first-order chi connectivity index (χ1) is 8.80. The molecule has 104 valence electrons. The summed E-state index contributed by atoms with van der Waals surface area (Å²) < 4.78 is 26.5. The zero-order valence-electron chi connectivity index (χ0n) is 9.84. The maximum Gasteiger partial charge on any atom is 0.243 e. The van der Waals surface area contributed by atoms with E-state index in [1.165, 1.54) is 16.4 Å². The van der Waals surface area contributed by atoms with Crippen LogP contribution in [0.25, 0.3) is 0 Å². The summed E-state index contributed by atoms with van der Waals surface area (Å²) in [5.41, 5.74) is 5.08. The molecule has 0 aromatic heterocycles. The minimum atomic E-state index is -3.53. The fourth-order valence-corrected chi connectivity index (χ4v) is 4.03. The molecule has 0 atom stereocenters. The molecule has 8 heteroatoms. The van der Waals surface area contributed by atoms with E-state index >= 15 is 0 Å². The Hall–Kier alpha value is -0.630. The lowest BCUT2D eigenvalue weighted by atomic mass is 9.99. The number of nitrogens with zero attached hydrogens (tertiary/aromatic N) is 1. The number of carbonyl (C=O) groups is 1. The lowest BCUT2D eigenvalue weighted by Crippen LogP contribution is -2.50. The number of sulfonamides is 1. The molecule has 1 saturated heterocycles. The first-order valence-corrected chi connectivity index (χ1v) is 8.15. The van der Waals surface area contributed by atoms with Crippen molar-refractivity contribution in [3.05, 3.63) is 27.7 Å². The molecule has 19 heavy (non-hydrogen) atoms. The number of carbonyl (C=O) groups excluding carboxylic acids is 1. The molecule has 0 unspecified atom stereocenters. The summed E-state index contributed by atoms with van der Waals surface area (Å²) >= 11 is 9.10. The topological polar surface area (TPSA) is 80.5 Å². The fraction of sp³-hybridized carbons (Fsp3) is 0.364. The maximum absolute atomic E-state index is 12.2. The lowest BCUT2D eigenvalue weighted by Gasteiger charge is -2.37. The second kappa shape index (κ2) is 5.40. The highest BCUT2D eigenvalue weighted by molar-refractivity contribution is 9.10. The predicted molar refractivity (Wildman–Crippen MR) is 75.2 cm³/mol. The Bertz CT molecular complexity index is 614. The van der Waals surface area contributed by atoms with Gasteiger partial charge in [-0.3, -0.25) is 4.79 Å². The lowest BCUT2D eigenvalue weighted by molar-refractivity contribution is -0.119. The van der Waals surface area contributed by atoms with E-state index in [1.54, 1.807) is 6.07 Å². The van der Waals surface area contributed by atoms with E-state index in [4.69, 9.17) is 17.3 Å². The van der Waals surface area contributed by atoms with Crippen molar-refractivity contribution in [1.29, 1.82) is 0 Å². The van der Waals surface area contributed by atoms with Crippen LogP contribution in [-0.4, -0.2) is 31.7 Å². The second-order valence-corrected chi connectivity index (χ2v) is 7.63. The summed E-state index contributed by atoms with van der Waals surface area (Å²) in [4.78, 5) is 10.9. The number of amides is 1. The molecule has 2 rings (SSSR count). The molecule has 0 radical (unpaired) electrons. The van der Waals surface area contributed by atoms with Crippen LogP contribution >= 0.6 is 27.5 Å². The standard InChI is InChI=1S/C11H12BrClN2O3S/c12-9-2-1-8(4-10(9)13)19(17,18)15-5-7(6-15)3-11(14)16/h1-2,4,7H,3,5-6H2,(H2,14,16). The Morgan fingerprint density at radius 1 is 1.47 bits per heavy atom. The summed E-state index contributed by atoms with van der Waals surface area (Å²) in [6, 6.07) is 4.49. The van der Waals surface area contributed by atoms with E-state index in [9.17, 15) is 13.2 Å². The molecular formula is C11H12BrClN2O3S. The number of primary amides is 1. The third-order valence-corrected chi connectivity index (χ3v) is 6.00. The Labute approximate surface area is 124 Å². The molecule has 1 amide bonds. The van der Waals surface area contributed by atoms with Gasteiger partial charge in [0.25, 0.3) is 0 Å². The normalized spacial score (nSPS) is 17.2. The number of halogens is 2. The molecule has 1 aliphatic rings. The number of benzene rings is 1. The largest absolute Gasteiger partial charge is 0.370 e. The van der Waals surface area contributed by atoms with Gasteiger partial charge in [-0.25, -0.2) is 8.42 Å². The predicted octanol–water partition coefficient (Wildman–Crippen LogP) is 1.60. The Kier molecular flexibility index (Phi) is 4.20. The number of nitrogens with two attached hydrogens (primary N) is 1. The average Bonchev–Trinajstić information content (AvgIpc) is 2.26. The van der Waals surface area contributed by atoms with Crippen LogP contribution in [0, 0.1) is 5.92 Å². The highest BCUT2D eigenvalue weighted by Gasteiger charge is 2.37. The van der Waals surface area contributed by atoms with Crippen molar-refractivity contribution in [1.82, 2.24) is 4.31 Å². The molecule has 0 bridgehead atoms. The van der Waals surface area contributed by atoms with E-state index in [0.717, 1.165) is 0 Å². The second-order valence-electron chi connectivity index (χ2n) is 4.43.